The van der Waals surface area contributed by atoms with Crippen LogP contribution in [0.25, 0.3) is 0 Å². The number of nitrogens with two attached hydrogens (primary N) is 1. The minimum atomic E-state index is -0.115. The Morgan fingerprint density at radius 3 is 2.56 bits per heavy atom. The first-order valence-corrected chi connectivity index (χ1v) is 6.16. The number of hydrogen-bond donors (Lipinski definition) is 1. The molecule has 2 nitrogen and oxygen atoms in total. The van der Waals surface area contributed by atoms with E-state index in [9.17, 15) is 0 Å². The average molecular weight is 219 g/mol. The summed E-state index contributed by atoms with van der Waals surface area (Å²) in [6, 6.07) is 8.27. The van der Waals surface area contributed by atoms with Crippen LogP contribution in [0.3, 0.4) is 0 Å². The normalized spacial score (nSPS) is 19.0. The van der Waals surface area contributed by atoms with Gasteiger partial charge < -0.3 is 10.5 Å². The summed E-state index contributed by atoms with van der Waals surface area (Å²) >= 11 is 0. The second-order valence-electron chi connectivity index (χ2n) is 5.06. The van der Waals surface area contributed by atoms with Gasteiger partial charge in [-0.05, 0) is 44.4 Å². The first-order valence-electron chi connectivity index (χ1n) is 6.16. The molecule has 2 heteroatoms. The van der Waals surface area contributed by atoms with Crippen LogP contribution in [0.4, 0.5) is 0 Å². The lowest BCUT2D eigenvalue weighted by Crippen LogP contribution is -2.33. The Morgan fingerprint density at radius 1 is 1.25 bits per heavy atom. The molecule has 2 N–H and O–H groups in total. The number of benzene rings is 1. The molecule has 2 rings (SSSR count). The van der Waals surface area contributed by atoms with E-state index >= 15 is 0 Å². The molecule has 1 aliphatic rings. The topological polar surface area (TPSA) is 35.2 Å². The Balaban J connectivity index is 2.21. The summed E-state index contributed by atoms with van der Waals surface area (Å²) in [6.07, 6.45) is 4.89. The van der Waals surface area contributed by atoms with Crippen molar-refractivity contribution in [1.82, 2.24) is 0 Å². The molecule has 1 aromatic carbocycles. The molecule has 0 atom stereocenters. The van der Waals surface area contributed by atoms with E-state index in [0.717, 1.165) is 18.6 Å². The highest BCUT2D eigenvalue weighted by atomic mass is 16.5. The summed E-state index contributed by atoms with van der Waals surface area (Å²) in [4.78, 5) is 0. The van der Waals surface area contributed by atoms with Gasteiger partial charge in [0.1, 0.15) is 5.75 Å². The van der Waals surface area contributed by atoms with E-state index in [1.54, 1.807) is 0 Å². The van der Waals surface area contributed by atoms with Crippen molar-refractivity contribution in [2.75, 3.05) is 0 Å². The third-order valence-electron chi connectivity index (χ3n) is 3.28. The zero-order valence-corrected chi connectivity index (χ0v) is 10.2. The molecule has 0 heterocycles. The van der Waals surface area contributed by atoms with E-state index in [4.69, 9.17) is 10.5 Å². The van der Waals surface area contributed by atoms with Crippen LogP contribution in [0.1, 0.15) is 45.1 Å². The fourth-order valence-corrected chi connectivity index (χ4v) is 2.45. The maximum Gasteiger partial charge on any atom is 0.120 e. The Kier molecular flexibility index (Phi) is 3.20. The molecule has 0 spiro atoms. The molecule has 0 amide bonds. The zero-order valence-electron chi connectivity index (χ0n) is 10.2. The molecule has 1 saturated carbocycles. The molecule has 1 aliphatic carbocycles. The zero-order chi connectivity index (χ0) is 11.6. The molecule has 0 aromatic heterocycles. The molecule has 0 saturated heterocycles. The Morgan fingerprint density at radius 2 is 1.94 bits per heavy atom. The van der Waals surface area contributed by atoms with Gasteiger partial charge in [-0.25, -0.2) is 0 Å². The molecular formula is C14H21NO. The van der Waals surface area contributed by atoms with Crippen LogP contribution in [0, 0.1) is 0 Å². The highest BCUT2D eigenvalue weighted by Crippen LogP contribution is 2.37. The summed E-state index contributed by atoms with van der Waals surface area (Å²) in [5.74, 6) is 0.934. The van der Waals surface area contributed by atoms with E-state index in [0.29, 0.717) is 0 Å². The van der Waals surface area contributed by atoms with Crippen molar-refractivity contribution in [2.45, 2.75) is 51.2 Å². The van der Waals surface area contributed by atoms with Gasteiger partial charge in [0.05, 0.1) is 6.10 Å². The van der Waals surface area contributed by atoms with Crippen LogP contribution in [-0.2, 0) is 5.54 Å². The predicted molar refractivity (Wildman–Crippen MR) is 66.5 cm³/mol. The second-order valence-corrected chi connectivity index (χ2v) is 5.06. The van der Waals surface area contributed by atoms with Crippen molar-refractivity contribution >= 4 is 0 Å². The van der Waals surface area contributed by atoms with Crippen molar-refractivity contribution in [3.63, 3.8) is 0 Å². The monoisotopic (exact) mass is 219 g/mol. The van der Waals surface area contributed by atoms with Gasteiger partial charge in [-0.1, -0.05) is 25.0 Å². The van der Waals surface area contributed by atoms with Gasteiger partial charge in [-0.15, -0.1) is 0 Å². The van der Waals surface area contributed by atoms with Gasteiger partial charge in [-0.2, -0.15) is 0 Å². The molecule has 1 fully saturated rings. The van der Waals surface area contributed by atoms with Gasteiger partial charge in [0, 0.05) is 5.54 Å². The van der Waals surface area contributed by atoms with Gasteiger partial charge >= 0.3 is 0 Å². The molecular weight excluding hydrogens is 198 g/mol. The summed E-state index contributed by atoms with van der Waals surface area (Å²) in [5, 5.41) is 0. The fourth-order valence-electron chi connectivity index (χ4n) is 2.45. The second kappa shape index (κ2) is 4.46. The highest BCUT2D eigenvalue weighted by molar-refractivity contribution is 5.34. The lowest BCUT2D eigenvalue weighted by atomic mass is 9.89. The van der Waals surface area contributed by atoms with Crippen molar-refractivity contribution in [3.8, 4) is 5.75 Å². The third-order valence-corrected chi connectivity index (χ3v) is 3.28. The van der Waals surface area contributed by atoms with Crippen molar-refractivity contribution in [2.24, 2.45) is 5.73 Å². The van der Waals surface area contributed by atoms with E-state index in [1.165, 1.54) is 18.4 Å². The van der Waals surface area contributed by atoms with E-state index in [-0.39, 0.29) is 11.6 Å². The van der Waals surface area contributed by atoms with Crippen LogP contribution < -0.4 is 10.5 Å². The predicted octanol–water partition coefficient (Wildman–Crippen LogP) is 3.20. The van der Waals surface area contributed by atoms with Gasteiger partial charge in [0.2, 0.25) is 0 Å². The van der Waals surface area contributed by atoms with Crippen LogP contribution >= 0.6 is 0 Å². The maximum atomic E-state index is 6.42. The molecule has 0 aliphatic heterocycles. The Bertz CT molecular complexity index is 354. The molecule has 0 unspecified atom stereocenters. The summed E-state index contributed by atoms with van der Waals surface area (Å²) in [6.45, 7) is 4.08. The molecule has 0 bridgehead atoms. The molecule has 0 radical (unpaired) electrons. The van der Waals surface area contributed by atoms with Gasteiger partial charge in [0.25, 0.3) is 0 Å². The van der Waals surface area contributed by atoms with Crippen LogP contribution in [0.5, 0.6) is 5.75 Å². The summed E-state index contributed by atoms with van der Waals surface area (Å²) < 4.78 is 5.70. The number of ether oxygens (including phenoxy) is 1. The Labute approximate surface area is 97.8 Å². The smallest absolute Gasteiger partial charge is 0.120 e. The quantitative estimate of drug-likeness (QED) is 0.847. The minimum Gasteiger partial charge on any atom is -0.491 e. The lowest BCUT2D eigenvalue weighted by molar-refractivity contribution is 0.241. The number of rotatable bonds is 3. The van der Waals surface area contributed by atoms with E-state index in [2.05, 4.69) is 12.1 Å². The average Bonchev–Trinajstić information content (AvgIpc) is 2.66. The molecule has 16 heavy (non-hydrogen) atoms. The van der Waals surface area contributed by atoms with Crippen molar-refractivity contribution in [3.05, 3.63) is 29.8 Å². The van der Waals surface area contributed by atoms with E-state index in [1.807, 2.05) is 26.0 Å². The fraction of sp³-hybridized carbons (Fsp3) is 0.571. The number of hydrogen-bond acceptors (Lipinski definition) is 2. The van der Waals surface area contributed by atoms with Gasteiger partial charge in [-0.3, -0.25) is 0 Å². The first-order chi connectivity index (χ1) is 7.60. The summed E-state index contributed by atoms with van der Waals surface area (Å²) in [5.41, 5.74) is 7.53. The Hall–Kier alpha value is -1.02. The molecule has 88 valence electrons. The van der Waals surface area contributed by atoms with Gasteiger partial charge in [0.15, 0.2) is 0 Å². The minimum absolute atomic E-state index is 0.115. The summed E-state index contributed by atoms with van der Waals surface area (Å²) in [7, 11) is 0. The van der Waals surface area contributed by atoms with Crippen LogP contribution in [0.2, 0.25) is 0 Å². The third kappa shape index (κ3) is 2.38. The largest absolute Gasteiger partial charge is 0.491 e. The van der Waals surface area contributed by atoms with Crippen LogP contribution in [-0.4, -0.2) is 6.10 Å². The van der Waals surface area contributed by atoms with Crippen molar-refractivity contribution < 1.29 is 4.74 Å². The maximum absolute atomic E-state index is 6.42. The lowest BCUT2D eigenvalue weighted by Gasteiger charge is -2.25. The standard InChI is InChI=1S/C14H21NO/c1-11(2)16-13-7-5-6-12(10-13)14(15)8-3-4-9-14/h5-7,10-11H,3-4,8-9,15H2,1-2H3. The SMILES string of the molecule is CC(C)Oc1cccc(C2(N)CCCC2)c1. The first kappa shape index (κ1) is 11.5. The molecule has 1 aromatic rings. The van der Waals surface area contributed by atoms with Crippen molar-refractivity contribution in [1.29, 1.82) is 0 Å². The highest BCUT2D eigenvalue weighted by Gasteiger charge is 2.31. The van der Waals surface area contributed by atoms with Crippen LogP contribution in [0.15, 0.2) is 24.3 Å². The van der Waals surface area contributed by atoms with E-state index < -0.39 is 0 Å².